The van der Waals surface area contributed by atoms with E-state index in [0.29, 0.717) is 23.7 Å². The van der Waals surface area contributed by atoms with Crippen molar-refractivity contribution in [3.05, 3.63) is 35.4 Å². The lowest BCUT2D eigenvalue weighted by molar-refractivity contribution is 0.147. The van der Waals surface area contributed by atoms with Crippen LogP contribution < -0.4 is 0 Å². The van der Waals surface area contributed by atoms with E-state index in [9.17, 15) is 10.2 Å². The molecule has 3 rings (SSSR count). The summed E-state index contributed by atoms with van der Waals surface area (Å²) in [5.74, 6) is 0. The fraction of sp³-hybridized carbons (Fsp3) is 0.800. The summed E-state index contributed by atoms with van der Waals surface area (Å²) in [6, 6.07) is 9.37. The van der Waals surface area contributed by atoms with Crippen molar-refractivity contribution in [3.63, 3.8) is 0 Å². The first kappa shape index (κ1) is 28.4. The highest BCUT2D eigenvalue weighted by atomic mass is 32.2. The van der Waals surface area contributed by atoms with Crippen molar-refractivity contribution < 1.29 is 10.2 Å². The van der Waals surface area contributed by atoms with Crippen LogP contribution in [0, 0.1) is 10.8 Å². The molecule has 4 unspecified atom stereocenters. The summed E-state index contributed by atoms with van der Waals surface area (Å²) >= 11 is 4.49. The van der Waals surface area contributed by atoms with E-state index in [1.807, 2.05) is 0 Å². The smallest absolute Gasteiger partial charge is 0.0482 e. The van der Waals surface area contributed by atoms with Crippen LogP contribution in [-0.4, -0.2) is 33.9 Å². The summed E-state index contributed by atoms with van der Waals surface area (Å²) in [5, 5.41) is 22.0. The van der Waals surface area contributed by atoms with Gasteiger partial charge in [-0.05, 0) is 73.3 Å². The topological polar surface area (TPSA) is 40.5 Å². The van der Waals surface area contributed by atoms with Crippen LogP contribution in [0.2, 0.25) is 0 Å². The molecule has 2 aliphatic rings. The molecular weight excluding hydrogens is 456 g/mol. The van der Waals surface area contributed by atoms with Crippen molar-refractivity contribution in [2.45, 2.75) is 126 Å². The predicted molar refractivity (Wildman–Crippen MR) is 152 cm³/mol. The van der Waals surface area contributed by atoms with Crippen LogP contribution in [0.1, 0.15) is 126 Å². The standard InChI is InChI=1S/C30H50O2S2/c1-29(2,21-31)19-9-13-23-11-7-17-27(33-23)25-15-5-6-16-26(25)28-18-8-12-24(34-28)14-10-20-30(3,4)22-32/h5-6,15-16,23-24,27-28,31-32H,7-14,17-22H2,1-4H3. The molecule has 0 spiro atoms. The van der Waals surface area contributed by atoms with Crippen molar-refractivity contribution >= 4 is 23.5 Å². The molecule has 1 aromatic carbocycles. The fourth-order valence-corrected chi connectivity index (χ4v) is 9.02. The summed E-state index contributed by atoms with van der Waals surface area (Å²) in [6.07, 6.45) is 15.3. The van der Waals surface area contributed by atoms with Crippen molar-refractivity contribution in [2.24, 2.45) is 10.8 Å². The Morgan fingerprint density at radius 2 is 1.12 bits per heavy atom. The van der Waals surface area contributed by atoms with Gasteiger partial charge in [0.25, 0.3) is 0 Å². The molecule has 4 heteroatoms. The Bertz CT molecular complexity index is 671. The van der Waals surface area contributed by atoms with E-state index in [2.05, 4.69) is 75.5 Å². The zero-order valence-electron chi connectivity index (χ0n) is 22.2. The highest BCUT2D eigenvalue weighted by Gasteiger charge is 2.30. The number of benzene rings is 1. The van der Waals surface area contributed by atoms with Gasteiger partial charge in [0.15, 0.2) is 0 Å². The molecule has 2 nitrogen and oxygen atoms in total. The van der Waals surface area contributed by atoms with E-state index in [1.54, 1.807) is 11.1 Å². The summed E-state index contributed by atoms with van der Waals surface area (Å²) in [4.78, 5) is 0. The number of thioether (sulfide) groups is 2. The zero-order valence-corrected chi connectivity index (χ0v) is 23.9. The first-order valence-electron chi connectivity index (χ1n) is 13.8. The van der Waals surface area contributed by atoms with Gasteiger partial charge in [0, 0.05) is 34.2 Å². The van der Waals surface area contributed by atoms with Gasteiger partial charge < -0.3 is 10.2 Å². The summed E-state index contributed by atoms with van der Waals surface area (Å²) < 4.78 is 0. The average Bonchev–Trinajstić information content (AvgIpc) is 2.84. The predicted octanol–water partition coefficient (Wildman–Crippen LogP) is 8.72. The Kier molecular flexibility index (Phi) is 11.2. The Balaban J connectivity index is 1.58. The second-order valence-electron chi connectivity index (χ2n) is 12.4. The third-order valence-corrected chi connectivity index (χ3v) is 11.4. The zero-order chi connectivity index (χ0) is 24.6. The largest absolute Gasteiger partial charge is 0.396 e. The van der Waals surface area contributed by atoms with Gasteiger partial charge in [-0.1, -0.05) is 77.6 Å². The van der Waals surface area contributed by atoms with Gasteiger partial charge >= 0.3 is 0 Å². The SMILES string of the molecule is CC(C)(CO)CCCC1CCCC(c2ccccc2C2CCCC(CCCC(C)(C)CO)S2)S1. The van der Waals surface area contributed by atoms with Crippen molar-refractivity contribution in [2.75, 3.05) is 13.2 Å². The van der Waals surface area contributed by atoms with E-state index in [-0.39, 0.29) is 10.8 Å². The van der Waals surface area contributed by atoms with Crippen LogP contribution in [0.5, 0.6) is 0 Å². The maximum Gasteiger partial charge on any atom is 0.0482 e. The maximum atomic E-state index is 9.57. The van der Waals surface area contributed by atoms with Crippen molar-refractivity contribution in [3.8, 4) is 0 Å². The Labute approximate surface area is 218 Å². The minimum absolute atomic E-state index is 0.0634. The Morgan fingerprint density at radius 1 is 0.706 bits per heavy atom. The second-order valence-corrected chi connectivity index (χ2v) is 15.4. The van der Waals surface area contributed by atoms with Gasteiger partial charge in [-0.3, -0.25) is 0 Å². The molecule has 0 aromatic heterocycles. The molecule has 0 radical (unpaired) electrons. The molecule has 0 amide bonds. The molecule has 2 saturated heterocycles. The fourth-order valence-electron chi connectivity index (χ4n) is 5.55. The highest BCUT2D eigenvalue weighted by Crippen LogP contribution is 2.51. The van der Waals surface area contributed by atoms with Gasteiger partial charge in [0.05, 0.1) is 0 Å². The molecule has 2 fully saturated rings. The highest BCUT2D eigenvalue weighted by molar-refractivity contribution is 8.00. The molecule has 0 saturated carbocycles. The third kappa shape index (κ3) is 8.75. The van der Waals surface area contributed by atoms with Crippen molar-refractivity contribution in [1.29, 1.82) is 0 Å². The molecule has 0 bridgehead atoms. The van der Waals surface area contributed by atoms with Crippen LogP contribution in [-0.2, 0) is 0 Å². The maximum absolute atomic E-state index is 9.57. The lowest BCUT2D eigenvalue weighted by Gasteiger charge is -2.35. The van der Waals surface area contributed by atoms with E-state index in [4.69, 9.17) is 0 Å². The summed E-state index contributed by atoms with van der Waals surface area (Å²) in [6.45, 7) is 9.32. The van der Waals surface area contributed by atoms with Crippen LogP contribution in [0.3, 0.4) is 0 Å². The lowest BCUT2D eigenvalue weighted by Crippen LogP contribution is -2.20. The first-order valence-corrected chi connectivity index (χ1v) is 15.7. The number of rotatable bonds is 12. The molecule has 0 aliphatic carbocycles. The first-order chi connectivity index (χ1) is 16.2. The van der Waals surface area contributed by atoms with E-state index < -0.39 is 0 Å². The molecule has 194 valence electrons. The normalized spacial score (nSPS) is 26.5. The van der Waals surface area contributed by atoms with Gasteiger partial charge in [-0.15, -0.1) is 0 Å². The average molecular weight is 507 g/mol. The molecular formula is C30H50O2S2. The number of aliphatic hydroxyl groups is 2. The lowest BCUT2D eigenvalue weighted by atomic mass is 9.87. The quantitative estimate of drug-likeness (QED) is 0.297. The van der Waals surface area contributed by atoms with E-state index >= 15 is 0 Å². The van der Waals surface area contributed by atoms with Crippen LogP contribution >= 0.6 is 23.5 Å². The van der Waals surface area contributed by atoms with E-state index in [0.717, 1.165) is 23.3 Å². The van der Waals surface area contributed by atoms with E-state index in [1.165, 1.54) is 64.2 Å². The molecule has 1 aromatic rings. The summed E-state index contributed by atoms with van der Waals surface area (Å²) in [5.41, 5.74) is 3.36. The summed E-state index contributed by atoms with van der Waals surface area (Å²) in [7, 11) is 0. The molecule has 34 heavy (non-hydrogen) atoms. The van der Waals surface area contributed by atoms with Gasteiger partial charge in [-0.2, -0.15) is 23.5 Å². The van der Waals surface area contributed by atoms with Crippen LogP contribution in [0.15, 0.2) is 24.3 Å². The van der Waals surface area contributed by atoms with Gasteiger partial charge in [-0.25, -0.2) is 0 Å². The number of aliphatic hydroxyl groups excluding tert-OH is 2. The minimum atomic E-state index is 0.0634. The molecule has 2 heterocycles. The molecule has 4 atom stereocenters. The second kappa shape index (κ2) is 13.4. The van der Waals surface area contributed by atoms with Gasteiger partial charge in [0.1, 0.15) is 0 Å². The molecule has 2 aliphatic heterocycles. The monoisotopic (exact) mass is 506 g/mol. The van der Waals surface area contributed by atoms with Crippen LogP contribution in [0.25, 0.3) is 0 Å². The van der Waals surface area contributed by atoms with Gasteiger partial charge in [0.2, 0.25) is 0 Å². The Hall–Kier alpha value is -0.160. The minimum Gasteiger partial charge on any atom is -0.396 e. The van der Waals surface area contributed by atoms with Crippen molar-refractivity contribution in [1.82, 2.24) is 0 Å². The third-order valence-electron chi connectivity index (χ3n) is 8.00. The number of hydrogen-bond acceptors (Lipinski definition) is 4. The van der Waals surface area contributed by atoms with Crippen LogP contribution in [0.4, 0.5) is 0 Å². The Morgan fingerprint density at radius 3 is 1.50 bits per heavy atom. The number of hydrogen-bond donors (Lipinski definition) is 2. The molecule has 2 N–H and O–H groups in total.